The van der Waals surface area contributed by atoms with Gasteiger partial charge in [0.05, 0.1) is 16.5 Å². The Hall–Kier alpha value is -2.84. The molecular weight excluding hydrogens is 384 g/mol. The zero-order valence-electron chi connectivity index (χ0n) is 16.6. The number of carbonyl (C=O) groups excluding carboxylic acids is 1. The van der Waals surface area contributed by atoms with E-state index in [1.54, 1.807) is 24.3 Å². The number of amides is 1. The molecule has 3 aromatic rings. The minimum atomic E-state index is 0.0218. The third-order valence-corrected chi connectivity index (χ3v) is 6.03. The molecule has 0 aromatic carbocycles. The molecule has 0 bridgehead atoms. The number of rotatable bonds is 5. The van der Waals surface area contributed by atoms with E-state index in [2.05, 4.69) is 25.6 Å². The van der Waals surface area contributed by atoms with E-state index in [9.17, 15) is 4.79 Å². The van der Waals surface area contributed by atoms with Gasteiger partial charge in [-0.15, -0.1) is 0 Å². The Morgan fingerprint density at radius 3 is 2.97 bits per heavy atom. The fourth-order valence-electron chi connectivity index (χ4n) is 3.35. The number of hydrogen-bond acceptors (Lipinski definition) is 7. The highest BCUT2D eigenvalue weighted by Gasteiger charge is 2.26. The van der Waals surface area contributed by atoms with Gasteiger partial charge in [-0.1, -0.05) is 17.4 Å². The molecule has 4 rings (SSSR count). The van der Waals surface area contributed by atoms with Gasteiger partial charge in [0.1, 0.15) is 11.6 Å². The molecule has 1 atom stereocenters. The quantitative estimate of drug-likeness (QED) is 0.671. The lowest BCUT2D eigenvalue weighted by Gasteiger charge is -2.25. The molecule has 1 aliphatic heterocycles. The minimum absolute atomic E-state index is 0.0218. The Kier molecular flexibility index (Phi) is 5.82. The smallest absolute Gasteiger partial charge is 0.232 e. The molecule has 0 aliphatic carbocycles. The second-order valence-electron chi connectivity index (χ2n) is 7.20. The van der Waals surface area contributed by atoms with Crippen molar-refractivity contribution >= 4 is 34.0 Å². The molecule has 1 fully saturated rings. The van der Waals surface area contributed by atoms with E-state index in [1.807, 2.05) is 37.3 Å². The summed E-state index contributed by atoms with van der Waals surface area (Å²) in [6, 6.07) is 9.72. The molecule has 8 heteroatoms. The first-order chi connectivity index (χ1) is 14.1. The summed E-state index contributed by atoms with van der Waals surface area (Å²) in [7, 11) is 1.80. The van der Waals surface area contributed by atoms with Crippen molar-refractivity contribution in [1.82, 2.24) is 20.3 Å². The zero-order chi connectivity index (χ0) is 20.2. The van der Waals surface area contributed by atoms with E-state index in [0.29, 0.717) is 10.9 Å². The molecule has 1 saturated heterocycles. The van der Waals surface area contributed by atoms with Crippen LogP contribution in [-0.2, 0) is 4.79 Å². The SMILES string of the molecule is Cc1ccnc(Nc2cccc(-c3cnc(N(C)C(=O)C4CCCNC4)s3)n2)c1. The average Bonchev–Trinajstić information content (AvgIpc) is 3.24. The number of thiazole rings is 1. The van der Waals surface area contributed by atoms with E-state index in [-0.39, 0.29) is 11.8 Å². The van der Waals surface area contributed by atoms with Crippen molar-refractivity contribution in [3.63, 3.8) is 0 Å². The van der Waals surface area contributed by atoms with Crippen LogP contribution >= 0.6 is 11.3 Å². The number of anilines is 3. The summed E-state index contributed by atoms with van der Waals surface area (Å²) < 4.78 is 0. The average molecular weight is 409 g/mol. The molecular formula is C21H24N6OS. The zero-order valence-corrected chi connectivity index (χ0v) is 17.4. The van der Waals surface area contributed by atoms with E-state index in [4.69, 9.17) is 0 Å². The van der Waals surface area contributed by atoms with Gasteiger partial charge in [-0.2, -0.15) is 0 Å². The lowest BCUT2D eigenvalue weighted by molar-refractivity contribution is -0.122. The molecule has 7 nitrogen and oxygen atoms in total. The maximum Gasteiger partial charge on any atom is 0.232 e. The molecule has 2 N–H and O–H groups in total. The summed E-state index contributed by atoms with van der Waals surface area (Å²) >= 11 is 1.47. The van der Waals surface area contributed by atoms with Gasteiger partial charge in [0.2, 0.25) is 5.91 Å². The molecule has 4 heterocycles. The number of aryl methyl sites for hydroxylation is 1. The highest BCUT2D eigenvalue weighted by molar-refractivity contribution is 7.19. The van der Waals surface area contributed by atoms with Crippen LogP contribution in [0, 0.1) is 12.8 Å². The Morgan fingerprint density at radius 1 is 1.28 bits per heavy atom. The molecule has 3 aromatic heterocycles. The van der Waals surface area contributed by atoms with Gasteiger partial charge >= 0.3 is 0 Å². The topological polar surface area (TPSA) is 83.0 Å². The van der Waals surface area contributed by atoms with Crippen LogP contribution in [0.25, 0.3) is 10.6 Å². The van der Waals surface area contributed by atoms with Crippen LogP contribution in [0.3, 0.4) is 0 Å². The Bertz CT molecular complexity index is 998. The predicted molar refractivity (Wildman–Crippen MR) is 117 cm³/mol. The summed E-state index contributed by atoms with van der Waals surface area (Å²) in [5, 5.41) is 7.22. The summed E-state index contributed by atoms with van der Waals surface area (Å²) in [5.41, 5.74) is 1.94. The second kappa shape index (κ2) is 8.67. The van der Waals surface area contributed by atoms with Crippen molar-refractivity contribution in [3.8, 4) is 10.6 Å². The van der Waals surface area contributed by atoms with Gasteiger partial charge in [0.15, 0.2) is 5.13 Å². The highest BCUT2D eigenvalue weighted by Crippen LogP contribution is 2.31. The summed E-state index contributed by atoms with van der Waals surface area (Å²) in [4.78, 5) is 28.8. The fourth-order valence-corrected chi connectivity index (χ4v) is 4.20. The molecule has 1 amide bonds. The molecule has 0 radical (unpaired) electrons. The van der Waals surface area contributed by atoms with E-state index in [0.717, 1.165) is 47.9 Å². The second-order valence-corrected chi connectivity index (χ2v) is 8.21. The fraction of sp³-hybridized carbons (Fsp3) is 0.333. The number of carbonyl (C=O) groups is 1. The largest absolute Gasteiger partial charge is 0.325 e. The summed E-state index contributed by atoms with van der Waals surface area (Å²) in [6.45, 7) is 3.75. The molecule has 1 unspecified atom stereocenters. The summed E-state index contributed by atoms with van der Waals surface area (Å²) in [5.74, 6) is 1.61. The lowest BCUT2D eigenvalue weighted by atomic mass is 9.98. The molecule has 29 heavy (non-hydrogen) atoms. The third-order valence-electron chi connectivity index (χ3n) is 4.93. The maximum absolute atomic E-state index is 12.7. The van der Waals surface area contributed by atoms with Crippen LogP contribution in [0.5, 0.6) is 0 Å². The van der Waals surface area contributed by atoms with Gasteiger partial charge in [-0.25, -0.2) is 15.0 Å². The van der Waals surface area contributed by atoms with Gasteiger partial charge in [0, 0.05) is 26.0 Å². The van der Waals surface area contributed by atoms with Crippen molar-refractivity contribution in [2.75, 3.05) is 30.4 Å². The van der Waals surface area contributed by atoms with Crippen molar-refractivity contribution < 1.29 is 4.79 Å². The maximum atomic E-state index is 12.7. The van der Waals surface area contributed by atoms with Crippen molar-refractivity contribution in [3.05, 3.63) is 48.3 Å². The number of aromatic nitrogens is 3. The van der Waals surface area contributed by atoms with Crippen LogP contribution in [0.4, 0.5) is 16.8 Å². The van der Waals surface area contributed by atoms with Crippen LogP contribution in [0.1, 0.15) is 18.4 Å². The number of nitrogens with one attached hydrogen (secondary N) is 2. The normalized spacial score (nSPS) is 16.4. The monoisotopic (exact) mass is 408 g/mol. The predicted octanol–water partition coefficient (Wildman–Crippen LogP) is 3.61. The summed E-state index contributed by atoms with van der Waals surface area (Å²) in [6.07, 6.45) is 5.51. The third kappa shape index (κ3) is 4.60. The van der Waals surface area contributed by atoms with E-state index < -0.39 is 0 Å². The van der Waals surface area contributed by atoms with Crippen LogP contribution in [0.15, 0.2) is 42.7 Å². The standard InChI is InChI=1S/C21H24N6OS/c1-14-8-10-23-19(11-14)26-18-7-3-6-16(25-18)17-13-24-21(29-17)27(2)20(28)15-5-4-9-22-12-15/h3,6-8,10-11,13,15,22H,4-5,9,12H2,1-2H3,(H,23,25,26). The van der Waals surface area contributed by atoms with Crippen molar-refractivity contribution in [2.45, 2.75) is 19.8 Å². The first-order valence-corrected chi connectivity index (χ1v) is 10.5. The van der Waals surface area contributed by atoms with Crippen LogP contribution in [-0.4, -0.2) is 41.0 Å². The first-order valence-electron chi connectivity index (χ1n) is 9.71. The van der Waals surface area contributed by atoms with E-state index >= 15 is 0 Å². The number of pyridine rings is 2. The van der Waals surface area contributed by atoms with Gasteiger partial charge in [0.25, 0.3) is 0 Å². The van der Waals surface area contributed by atoms with Gasteiger partial charge < -0.3 is 10.6 Å². The number of hydrogen-bond donors (Lipinski definition) is 2. The number of piperidine rings is 1. The van der Waals surface area contributed by atoms with Gasteiger partial charge in [-0.3, -0.25) is 9.69 Å². The first kappa shape index (κ1) is 19.5. The molecule has 150 valence electrons. The molecule has 0 spiro atoms. The Labute approximate surface area is 174 Å². The van der Waals surface area contributed by atoms with Crippen molar-refractivity contribution in [1.29, 1.82) is 0 Å². The Morgan fingerprint density at radius 2 is 2.17 bits per heavy atom. The van der Waals surface area contributed by atoms with Crippen LogP contribution < -0.4 is 15.5 Å². The minimum Gasteiger partial charge on any atom is -0.325 e. The van der Waals surface area contributed by atoms with Gasteiger partial charge in [-0.05, 0) is 56.1 Å². The number of nitrogens with zero attached hydrogens (tertiary/aromatic N) is 4. The van der Waals surface area contributed by atoms with Crippen LogP contribution in [0.2, 0.25) is 0 Å². The molecule has 0 saturated carbocycles. The molecule has 1 aliphatic rings. The highest BCUT2D eigenvalue weighted by atomic mass is 32.1. The van der Waals surface area contributed by atoms with E-state index in [1.165, 1.54) is 11.3 Å². The Balaban J connectivity index is 1.49. The van der Waals surface area contributed by atoms with Crippen molar-refractivity contribution in [2.24, 2.45) is 5.92 Å². The lowest BCUT2D eigenvalue weighted by Crippen LogP contribution is -2.41.